The highest BCUT2D eigenvalue weighted by atomic mass is 35.5. The fourth-order valence-electron chi connectivity index (χ4n) is 5.67. The number of aryl methyl sites for hydroxylation is 2. The van der Waals surface area contributed by atoms with E-state index in [0.717, 1.165) is 11.1 Å². The number of alkyl halides is 4. The van der Waals surface area contributed by atoms with Crippen molar-refractivity contribution in [3.8, 4) is 11.5 Å². The van der Waals surface area contributed by atoms with Gasteiger partial charge in [0.05, 0.1) is 21.2 Å². The van der Waals surface area contributed by atoms with Gasteiger partial charge in [-0.25, -0.2) is 10.0 Å². The predicted molar refractivity (Wildman–Crippen MR) is 149 cm³/mol. The van der Waals surface area contributed by atoms with Crippen LogP contribution >= 0.6 is 23.2 Å². The summed E-state index contributed by atoms with van der Waals surface area (Å²) in [6.45, 7) is -3.10. The minimum absolute atomic E-state index is 0.0433. The van der Waals surface area contributed by atoms with Gasteiger partial charge in [-0.2, -0.15) is 17.6 Å². The second kappa shape index (κ2) is 14.1. The standard InChI is InChI=1S/C29H36Cl2F4N2O4/c30-22-5-3-20(18-24(22)40-26(32)33)2-1-8-28(38)10-14-36(15-11-28)37-16-12-29(39,13-17-37)9-7-21-4-6-23(31)25(19-21)41-27(34)35/h3-6,18-19,26-27,38-39H,1-2,7-17H2. The van der Waals surface area contributed by atoms with E-state index in [1.165, 1.54) is 18.2 Å². The average Bonchev–Trinajstić information content (AvgIpc) is 2.91. The third-order valence-corrected chi connectivity index (χ3v) is 8.78. The highest BCUT2D eigenvalue weighted by Crippen LogP contribution is 2.34. The molecule has 2 fully saturated rings. The van der Waals surface area contributed by atoms with E-state index in [0.29, 0.717) is 84.0 Å². The van der Waals surface area contributed by atoms with Gasteiger partial charge in [0.15, 0.2) is 0 Å². The Kier molecular flexibility index (Phi) is 11.0. The Labute approximate surface area is 247 Å². The van der Waals surface area contributed by atoms with Crippen molar-refractivity contribution >= 4 is 23.2 Å². The largest absolute Gasteiger partial charge is 0.433 e. The van der Waals surface area contributed by atoms with E-state index in [1.807, 2.05) is 0 Å². The molecule has 2 saturated heterocycles. The molecule has 12 heteroatoms. The molecular weight excluding hydrogens is 587 g/mol. The fraction of sp³-hybridized carbons (Fsp3) is 0.586. The van der Waals surface area contributed by atoms with Gasteiger partial charge < -0.3 is 19.7 Å². The lowest BCUT2D eigenvalue weighted by atomic mass is 9.85. The third kappa shape index (κ3) is 9.33. The van der Waals surface area contributed by atoms with Crippen molar-refractivity contribution in [3.05, 3.63) is 57.6 Å². The van der Waals surface area contributed by atoms with Crippen LogP contribution in [-0.2, 0) is 12.8 Å². The van der Waals surface area contributed by atoms with Crippen LogP contribution in [0.3, 0.4) is 0 Å². The molecule has 0 saturated carbocycles. The van der Waals surface area contributed by atoms with E-state index in [1.54, 1.807) is 18.2 Å². The van der Waals surface area contributed by atoms with Gasteiger partial charge in [0, 0.05) is 26.2 Å². The maximum atomic E-state index is 12.6. The van der Waals surface area contributed by atoms with E-state index in [9.17, 15) is 27.8 Å². The van der Waals surface area contributed by atoms with Crippen molar-refractivity contribution in [3.63, 3.8) is 0 Å². The molecule has 2 aromatic rings. The number of aliphatic hydroxyl groups is 2. The van der Waals surface area contributed by atoms with Crippen LogP contribution in [0.1, 0.15) is 56.1 Å². The van der Waals surface area contributed by atoms with Crippen molar-refractivity contribution in [2.24, 2.45) is 0 Å². The van der Waals surface area contributed by atoms with Crippen LogP contribution in [0.25, 0.3) is 0 Å². The lowest BCUT2D eigenvalue weighted by Crippen LogP contribution is -2.56. The Morgan fingerprint density at radius 1 is 0.683 bits per heavy atom. The first-order chi connectivity index (χ1) is 19.4. The summed E-state index contributed by atoms with van der Waals surface area (Å²) in [5, 5.41) is 27.0. The predicted octanol–water partition coefficient (Wildman–Crippen LogP) is 6.72. The van der Waals surface area contributed by atoms with Crippen molar-refractivity contribution in [1.82, 2.24) is 10.0 Å². The zero-order valence-electron chi connectivity index (χ0n) is 22.7. The van der Waals surface area contributed by atoms with Crippen LogP contribution in [-0.4, -0.2) is 70.8 Å². The summed E-state index contributed by atoms with van der Waals surface area (Å²) in [4.78, 5) is 0. The van der Waals surface area contributed by atoms with Gasteiger partial charge in [-0.05, 0) is 93.2 Å². The lowest BCUT2D eigenvalue weighted by molar-refractivity contribution is -0.137. The van der Waals surface area contributed by atoms with E-state index < -0.39 is 24.4 Å². The topological polar surface area (TPSA) is 65.4 Å². The van der Waals surface area contributed by atoms with Gasteiger partial charge in [0.2, 0.25) is 0 Å². The summed E-state index contributed by atoms with van der Waals surface area (Å²) in [6, 6.07) is 9.62. The van der Waals surface area contributed by atoms with E-state index in [4.69, 9.17) is 23.2 Å². The summed E-state index contributed by atoms with van der Waals surface area (Å²) >= 11 is 11.9. The van der Waals surface area contributed by atoms with Gasteiger partial charge in [0.25, 0.3) is 0 Å². The van der Waals surface area contributed by atoms with Crippen molar-refractivity contribution in [1.29, 1.82) is 0 Å². The molecule has 0 bridgehead atoms. The molecule has 2 aromatic carbocycles. The summed E-state index contributed by atoms with van der Waals surface area (Å²) in [6.07, 6.45) is 5.33. The smallest absolute Gasteiger partial charge is 0.387 e. The SMILES string of the molecule is OC1(CCCc2ccc(Cl)c(OC(F)F)c2)CCN(N2CCC(O)(CCc3ccc(Cl)c(OC(F)F)c3)CC2)CC1. The normalized spacial score (nSPS) is 19.6. The van der Waals surface area contributed by atoms with Crippen LogP contribution < -0.4 is 9.47 Å². The number of rotatable bonds is 12. The van der Waals surface area contributed by atoms with Crippen LogP contribution in [0.2, 0.25) is 10.0 Å². The van der Waals surface area contributed by atoms with Crippen molar-refractivity contribution in [2.75, 3.05) is 26.2 Å². The van der Waals surface area contributed by atoms with Gasteiger partial charge in [0.1, 0.15) is 11.5 Å². The fourth-order valence-corrected chi connectivity index (χ4v) is 5.99. The first-order valence-corrected chi connectivity index (χ1v) is 14.6. The quantitative estimate of drug-likeness (QED) is 0.256. The number of piperidine rings is 2. The van der Waals surface area contributed by atoms with Gasteiger partial charge >= 0.3 is 13.2 Å². The third-order valence-electron chi connectivity index (χ3n) is 8.15. The van der Waals surface area contributed by atoms with E-state index in [2.05, 4.69) is 19.5 Å². The molecule has 0 atom stereocenters. The van der Waals surface area contributed by atoms with Crippen LogP contribution in [0.5, 0.6) is 11.5 Å². The molecular formula is C29H36Cl2F4N2O4. The molecule has 0 unspecified atom stereocenters. The minimum Gasteiger partial charge on any atom is -0.433 e. The Hall–Kier alpha value is -1.82. The molecule has 0 aromatic heterocycles. The molecule has 228 valence electrons. The Morgan fingerprint density at radius 3 is 1.54 bits per heavy atom. The highest BCUT2D eigenvalue weighted by Gasteiger charge is 2.37. The van der Waals surface area contributed by atoms with E-state index in [-0.39, 0.29) is 21.5 Å². The van der Waals surface area contributed by atoms with Crippen LogP contribution in [0.15, 0.2) is 36.4 Å². The van der Waals surface area contributed by atoms with Crippen LogP contribution in [0, 0.1) is 0 Å². The Bertz CT molecular complexity index is 1140. The highest BCUT2D eigenvalue weighted by molar-refractivity contribution is 6.32. The Morgan fingerprint density at radius 2 is 1.10 bits per heavy atom. The number of hydrazine groups is 1. The van der Waals surface area contributed by atoms with Crippen molar-refractivity contribution < 1.29 is 37.2 Å². The number of hydrogen-bond acceptors (Lipinski definition) is 6. The molecule has 0 aliphatic carbocycles. The van der Waals surface area contributed by atoms with Gasteiger partial charge in [-0.3, -0.25) is 0 Å². The van der Waals surface area contributed by atoms with Gasteiger partial charge in [-0.15, -0.1) is 0 Å². The lowest BCUT2D eigenvalue weighted by Gasteiger charge is -2.47. The molecule has 4 rings (SSSR count). The monoisotopic (exact) mass is 622 g/mol. The molecule has 41 heavy (non-hydrogen) atoms. The number of benzene rings is 2. The van der Waals surface area contributed by atoms with Gasteiger partial charge in [-0.1, -0.05) is 35.3 Å². The zero-order chi connectivity index (χ0) is 29.6. The molecule has 0 amide bonds. The van der Waals surface area contributed by atoms with E-state index >= 15 is 0 Å². The second-order valence-corrected chi connectivity index (χ2v) is 11.8. The maximum absolute atomic E-state index is 12.6. The molecule has 2 aliphatic heterocycles. The molecule has 2 N–H and O–H groups in total. The molecule has 6 nitrogen and oxygen atoms in total. The number of hydrogen-bond donors (Lipinski definition) is 2. The second-order valence-electron chi connectivity index (χ2n) is 11.0. The number of ether oxygens (including phenoxy) is 2. The summed E-state index contributed by atoms with van der Waals surface area (Å²) in [5.41, 5.74) is -0.0370. The van der Waals surface area contributed by atoms with Crippen molar-refractivity contribution in [2.45, 2.75) is 82.2 Å². The summed E-state index contributed by atoms with van der Waals surface area (Å²) < 4.78 is 59.3. The average molecular weight is 624 g/mol. The van der Waals surface area contributed by atoms with Crippen LogP contribution in [0.4, 0.5) is 17.6 Å². The number of halogens is 6. The Balaban J connectivity index is 1.19. The first kappa shape index (κ1) is 32.1. The molecule has 2 aliphatic rings. The number of nitrogens with zero attached hydrogens (tertiary/aromatic N) is 2. The minimum atomic E-state index is -2.96. The molecule has 0 radical (unpaired) electrons. The maximum Gasteiger partial charge on any atom is 0.387 e. The molecule has 0 spiro atoms. The summed E-state index contributed by atoms with van der Waals surface area (Å²) in [5.74, 6) is -0.109. The zero-order valence-corrected chi connectivity index (χ0v) is 24.2. The summed E-state index contributed by atoms with van der Waals surface area (Å²) in [7, 11) is 0. The first-order valence-electron chi connectivity index (χ1n) is 13.8. The molecule has 2 heterocycles.